The number of carbonyl (C=O) groups is 2. The van der Waals surface area contributed by atoms with Gasteiger partial charge in [-0.15, -0.1) is 0 Å². The summed E-state index contributed by atoms with van der Waals surface area (Å²) in [6.45, 7) is 3.67. The molecule has 1 aromatic heterocycles. The topological polar surface area (TPSA) is 107 Å². The molecule has 0 bridgehead atoms. The Bertz CT molecular complexity index is 1020. The first kappa shape index (κ1) is 19.1. The lowest BCUT2D eigenvalue weighted by Crippen LogP contribution is -2.40. The van der Waals surface area contributed by atoms with Crippen LogP contribution in [0.4, 0.5) is 21.8 Å². The van der Waals surface area contributed by atoms with Crippen molar-refractivity contribution < 1.29 is 14.0 Å². The minimum Gasteiger partial charge on any atom is -0.342 e. The molecule has 152 valence electrons. The van der Waals surface area contributed by atoms with E-state index in [-0.39, 0.29) is 23.5 Å². The molecule has 1 saturated heterocycles. The van der Waals surface area contributed by atoms with Gasteiger partial charge in [0.2, 0.25) is 17.8 Å². The molecule has 3 heterocycles. The molecule has 2 aliphatic heterocycles. The number of halogens is 1. The lowest BCUT2D eigenvalue weighted by molar-refractivity contribution is -0.123. The van der Waals surface area contributed by atoms with Gasteiger partial charge in [-0.05, 0) is 37.0 Å². The van der Waals surface area contributed by atoms with E-state index in [9.17, 15) is 18.8 Å². The Hall–Kier alpha value is -3.23. The minimum absolute atomic E-state index is 0.109. The number of piperidine rings is 1. The third-order valence-electron chi connectivity index (χ3n) is 5.30. The smallest absolute Gasteiger partial charge is 0.258 e. The summed E-state index contributed by atoms with van der Waals surface area (Å²) in [5.74, 6) is -1.47. The van der Waals surface area contributed by atoms with Crippen LogP contribution in [0.5, 0.6) is 0 Å². The zero-order valence-corrected chi connectivity index (χ0v) is 16.0. The first-order chi connectivity index (χ1) is 13.9. The van der Waals surface area contributed by atoms with Crippen molar-refractivity contribution in [1.82, 2.24) is 9.97 Å². The first-order valence-corrected chi connectivity index (χ1v) is 9.66. The highest BCUT2D eigenvalue weighted by Gasteiger charge is 2.35. The minimum atomic E-state index is -1.01. The summed E-state index contributed by atoms with van der Waals surface area (Å²) in [6, 6.07) is 5.43. The van der Waals surface area contributed by atoms with Crippen molar-refractivity contribution in [2.45, 2.75) is 32.1 Å². The van der Waals surface area contributed by atoms with E-state index in [4.69, 9.17) is 0 Å². The average molecular weight is 399 g/mol. The lowest BCUT2D eigenvalue weighted by Gasteiger charge is -2.32. The average Bonchev–Trinajstić information content (AvgIpc) is 2.67. The number of carbonyl (C=O) groups excluding carboxylic acids is 2. The Morgan fingerprint density at radius 2 is 2.17 bits per heavy atom. The van der Waals surface area contributed by atoms with Crippen molar-refractivity contribution in [2.24, 2.45) is 5.92 Å². The van der Waals surface area contributed by atoms with Crippen LogP contribution in [0.15, 0.2) is 29.1 Å². The summed E-state index contributed by atoms with van der Waals surface area (Å²) in [5, 5.41) is 5.19. The standard InChI is InChI=1S/C20H22FN5O3/c1-11-4-3-7-26(10-11)20-24-17-16(19(29)25-20)14(9-15(27)23-17)18(28)22-13-6-2-5-12(21)8-13/h2,5-6,8,11,14H,3-4,7,9-10H2,1H3,(H,22,28)(H2,23,24,25,27,29). The van der Waals surface area contributed by atoms with Crippen LogP contribution in [-0.2, 0) is 9.59 Å². The van der Waals surface area contributed by atoms with Gasteiger partial charge in [0.15, 0.2) is 0 Å². The van der Waals surface area contributed by atoms with Crippen LogP contribution < -0.4 is 21.1 Å². The molecule has 0 radical (unpaired) electrons. The van der Waals surface area contributed by atoms with Gasteiger partial charge in [-0.1, -0.05) is 13.0 Å². The van der Waals surface area contributed by atoms with Crippen LogP contribution in [0.3, 0.4) is 0 Å². The first-order valence-electron chi connectivity index (χ1n) is 9.66. The lowest BCUT2D eigenvalue weighted by atomic mass is 9.92. The van der Waals surface area contributed by atoms with E-state index in [1.54, 1.807) is 0 Å². The van der Waals surface area contributed by atoms with Crippen molar-refractivity contribution in [3.63, 3.8) is 0 Å². The fraction of sp³-hybridized carbons (Fsp3) is 0.400. The predicted octanol–water partition coefficient (Wildman–Crippen LogP) is 2.21. The number of anilines is 3. The van der Waals surface area contributed by atoms with Gasteiger partial charge in [-0.2, -0.15) is 4.98 Å². The summed E-state index contributed by atoms with van der Waals surface area (Å²) in [5.41, 5.74) is -0.0826. The zero-order valence-electron chi connectivity index (χ0n) is 16.0. The molecular weight excluding hydrogens is 377 g/mol. The summed E-state index contributed by atoms with van der Waals surface area (Å²) in [7, 11) is 0. The molecule has 8 nitrogen and oxygen atoms in total. The Balaban J connectivity index is 1.65. The molecular formula is C20H22FN5O3. The maximum atomic E-state index is 13.4. The number of rotatable bonds is 3. The second-order valence-electron chi connectivity index (χ2n) is 7.65. The van der Waals surface area contributed by atoms with Gasteiger partial charge in [0, 0.05) is 25.2 Å². The maximum Gasteiger partial charge on any atom is 0.258 e. The third-order valence-corrected chi connectivity index (χ3v) is 5.30. The fourth-order valence-electron chi connectivity index (χ4n) is 3.91. The molecule has 0 saturated carbocycles. The van der Waals surface area contributed by atoms with Crippen molar-refractivity contribution >= 4 is 29.3 Å². The molecule has 1 fully saturated rings. The van der Waals surface area contributed by atoms with E-state index in [1.165, 1.54) is 24.3 Å². The van der Waals surface area contributed by atoms with E-state index in [1.807, 2.05) is 4.90 Å². The van der Waals surface area contributed by atoms with Crippen molar-refractivity contribution in [2.75, 3.05) is 28.6 Å². The number of fused-ring (bicyclic) bond motifs is 1. The Kier molecular flexibility index (Phi) is 5.04. The Morgan fingerprint density at radius 3 is 2.93 bits per heavy atom. The number of nitrogens with one attached hydrogen (secondary N) is 3. The van der Waals surface area contributed by atoms with Crippen LogP contribution in [-0.4, -0.2) is 34.9 Å². The highest BCUT2D eigenvalue weighted by molar-refractivity contribution is 6.04. The molecule has 2 amide bonds. The summed E-state index contributed by atoms with van der Waals surface area (Å²) in [4.78, 5) is 47.0. The molecule has 0 spiro atoms. The highest BCUT2D eigenvalue weighted by Crippen LogP contribution is 2.31. The van der Waals surface area contributed by atoms with Crippen LogP contribution in [0.25, 0.3) is 0 Å². The molecule has 2 aromatic rings. The number of hydrogen-bond acceptors (Lipinski definition) is 5. The summed E-state index contributed by atoms with van der Waals surface area (Å²) in [6.07, 6.45) is 1.93. The second-order valence-corrected chi connectivity index (χ2v) is 7.65. The van der Waals surface area contributed by atoms with Crippen LogP contribution in [0.1, 0.15) is 37.7 Å². The third kappa shape index (κ3) is 3.98. The molecule has 4 rings (SSSR count). The number of amides is 2. The van der Waals surface area contributed by atoms with E-state index in [0.29, 0.717) is 11.9 Å². The van der Waals surface area contributed by atoms with Gasteiger partial charge in [0.05, 0.1) is 11.5 Å². The fourth-order valence-corrected chi connectivity index (χ4v) is 3.91. The van der Waals surface area contributed by atoms with Crippen LogP contribution in [0.2, 0.25) is 0 Å². The van der Waals surface area contributed by atoms with Crippen LogP contribution >= 0.6 is 0 Å². The van der Waals surface area contributed by atoms with Crippen molar-refractivity contribution in [1.29, 1.82) is 0 Å². The van der Waals surface area contributed by atoms with E-state index in [0.717, 1.165) is 25.9 Å². The SMILES string of the molecule is CC1CCCN(c2nc3c(c(=O)[nH]2)C(C(=O)Nc2cccc(F)c2)CC(=O)N3)C1. The normalized spacial score (nSPS) is 21.3. The summed E-state index contributed by atoms with van der Waals surface area (Å²) >= 11 is 0. The van der Waals surface area contributed by atoms with Gasteiger partial charge in [-0.25, -0.2) is 4.39 Å². The van der Waals surface area contributed by atoms with E-state index < -0.39 is 29.1 Å². The number of benzene rings is 1. The Morgan fingerprint density at radius 1 is 1.34 bits per heavy atom. The van der Waals surface area contributed by atoms with Crippen molar-refractivity contribution in [3.8, 4) is 0 Å². The molecule has 2 atom stereocenters. The van der Waals surface area contributed by atoms with Gasteiger partial charge in [0.1, 0.15) is 11.6 Å². The van der Waals surface area contributed by atoms with E-state index in [2.05, 4.69) is 27.5 Å². The number of hydrogen-bond donors (Lipinski definition) is 3. The highest BCUT2D eigenvalue weighted by atomic mass is 19.1. The molecule has 9 heteroatoms. The van der Waals surface area contributed by atoms with Crippen molar-refractivity contribution in [3.05, 3.63) is 46.0 Å². The quantitative estimate of drug-likeness (QED) is 0.734. The molecule has 1 aromatic carbocycles. The maximum absolute atomic E-state index is 13.4. The molecule has 0 aliphatic carbocycles. The Labute approximate surface area is 166 Å². The largest absolute Gasteiger partial charge is 0.342 e. The zero-order chi connectivity index (χ0) is 20.5. The second kappa shape index (κ2) is 7.65. The van der Waals surface area contributed by atoms with Gasteiger partial charge in [0.25, 0.3) is 5.56 Å². The monoisotopic (exact) mass is 399 g/mol. The number of H-pyrrole nitrogens is 1. The van der Waals surface area contributed by atoms with E-state index >= 15 is 0 Å². The molecule has 2 unspecified atom stereocenters. The number of nitrogens with zero attached hydrogens (tertiary/aromatic N) is 2. The van der Waals surface area contributed by atoms with Gasteiger partial charge in [-0.3, -0.25) is 19.4 Å². The van der Waals surface area contributed by atoms with Gasteiger partial charge < -0.3 is 15.5 Å². The predicted molar refractivity (Wildman–Crippen MR) is 106 cm³/mol. The number of aromatic amines is 1. The summed E-state index contributed by atoms with van der Waals surface area (Å²) < 4.78 is 13.4. The molecule has 29 heavy (non-hydrogen) atoms. The molecule has 2 aliphatic rings. The van der Waals surface area contributed by atoms with Gasteiger partial charge >= 0.3 is 0 Å². The molecule has 3 N–H and O–H groups in total. The number of aromatic nitrogens is 2. The van der Waals surface area contributed by atoms with Crippen LogP contribution in [0, 0.1) is 11.7 Å².